The lowest BCUT2D eigenvalue weighted by molar-refractivity contribution is 0.181. The van der Waals surface area contributed by atoms with Crippen LogP contribution in [-0.2, 0) is 10.6 Å². The van der Waals surface area contributed by atoms with Crippen molar-refractivity contribution in [2.75, 3.05) is 25.2 Å². The lowest BCUT2D eigenvalue weighted by atomic mass is 10.3. The van der Waals surface area contributed by atoms with Crippen molar-refractivity contribution in [2.45, 2.75) is 25.8 Å². The molecule has 0 saturated carbocycles. The Kier molecular flexibility index (Phi) is 5.49. The van der Waals surface area contributed by atoms with Crippen molar-refractivity contribution in [3.05, 3.63) is 17.8 Å². The van der Waals surface area contributed by atoms with Gasteiger partial charge in [-0.3, -0.25) is 0 Å². The number of likely N-dealkylation sites (N-methyl/N-ethyl adjacent to an activating group) is 1. The number of aromatic nitrogens is 2. The summed E-state index contributed by atoms with van der Waals surface area (Å²) in [5.41, 5.74) is 0.792. The molecule has 1 rings (SSSR count). The summed E-state index contributed by atoms with van der Waals surface area (Å²) >= 11 is 5.67. The smallest absolute Gasteiger partial charge is 0.151 e. The molecule has 0 aliphatic rings. The van der Waals surface area contributed by atoms with E-state index in [1.165, 1.54) is 0 Å². The molecule has 0 amide bonds. The number of hydrogen-bond donors (Lipinski definition) is 0. The molecule has 0 radical (unpaired) electrons. The maximum absolute atomic E-state index is 5.67. The predicted molar refractivity (Wildman–Crippen MR) is 65.9 cm³/mol. The van der Waals surface area contributed by atoms with E-state index < -0.39 is 0 Å². The van der Waals surface area contributed by atoms with Gasteiger partial charge in [0.05, 0.1) is 24.2 Å². The highest BCUT2D eigenvalue weighted by atomic mass is 35.5. The first-order valence-electron chi connectivity index (χ1n) is 5.37. The van der Waals surface area contributed by atoms with Crippen molar-refractivity contribution in [1.82, 2.24) is 10.2 Å². The number of methoxy groups -OCH3 is 1. The van der Waals surface area contributed by atoms with E-state index in [9.17, 15) is 0 Å². The van der Waals surface area contributed by atoms with Crippen LogP contribution >= 0.6 is 11.6 Å². The van der Waals surface area contributed by atoms with Crippen molar-refractivity contribution >= 4 is 17.4 Å². The number of rotatable bonds is 6. The second-order valence-electron chi connectivity index (χ2n) is 3.61. The van der Waals surface area contributed by atoms with Gasteiger partial charge in [-0.25, -0.2) is 0 Å². The summed E-state index contributed by atoms with van der Waals surface area (Å²) < 4.78 is 5.14. The van der Waals surface area contributed by atoms with Crippen molar-refractivity contribution < 1.29 is 4.74 Å². The zero-order chi connectivity index (χ0) is 12.0. The van der Waals surface area contributed by atoms with E-state index in [4.69, 9.17) is 16.3 Å². The molecule has 1 unspecified atom stereocenters. The molecular weight excluding hydrogens is 226 g/mol. The molecule has 0 bridgehead atoms. The van der Waals surface area contributed by atoms with Gasteiger partial charge in [0.25, 0.3) is 0 Å². The molecule has 0 spiro atoms. The van der Waals surface area contributed by atoms with E-state index in [0.717, 1.165) is 18.1 Å². The van der Waals surface area contributed by atoms with Crippen molar-refractivity contribution in [3.63, 3.8) is 0 Å². The molecule has 0 aliphatic carbocycles. The average Bonchev–Trinajstić information content (AvgIpc) is 2.31. The number of ether oxygens (including phenoxy) is 1. The van der Waals surface area contributed by atoms with E-state index in [1.54, 1.807) is 7.11 Å². The molecule has 0 N–H and O–H groups in total. The molecule has 0 saturated heterocycles. The number of alkyl halides is 1. The Morgan fingerprint density at radius 3 is 2.62 bits per heavy atom. The summed E-state index contributed by atoms with van der Waals surface area (Å²) in [5.74, 6) is 1.26. The minimum atomic E-state index is 0.283. The number of nitrogens with zero attached hydrogens (tertiary/aromatic N) is 3. The highest BCUT2D eigenvalue weighted by molar-refractivity contribution is 6.16. The first kappa shape index (κ1) is 13.2. The van der Waals surface area contributed by atoms with E-state index in [1.807, 2.05) is 12.1 Å². The molecule has 1 heterocycles. The van der Waals surface area contributed by atoms with Gasteiger partial charge in [-0.15, -0.1) is 16.7 Å². The monoisotopic (exact) mass is 243 g/mol. The fraction of sp³-hybridized carbons (Fsp3) is 0.636. The van der Waals surface area contributed by atoms with Crippen LogP contribution < -0.4 is 4.90 Å². The zero-order valence-corrected chi connectivity index (χ0v) is 10.7. The largest absolute Gasteiger partial charge is 0.383 e. The van der Waals surface area contributed by atoms with E-state index in [-0.39, 0.29) is 6.04 Å². The second kappa shape index (κ2) is 6.66. The molecule has 0 aliphatic heterocycles. The summed E-state index contributed by atoms with van der Waals surface area (Å²) in [6.07, 6.45) is 0. The Morgan fingerprint density at radius 1 is 1.44 bits per heavy atom. The molecule has 0 aromatic carbocycles. The van der Waals surface area contributed by atoms with Crippen molar-refractivity contribution in [3.8, 4) is 0 Å². The lowest BCUT2D eigenvalue weighted by Gasteiger charge is -2.28. The third-order valence-electron chi connectivity index (χ3n) is 2.42. The average molecular weight is 244 g/mol. The minimum absolute atomic E-state index is 0.283. The molecular formula is C11H18ClN3O. The van der Waals surface area contributed by atoms with Crippen LogP contribution in [0.15, 0.2) is 12.1 Å². The lowest BCUT2D eigenvalue weighted by Crippen LogP contribution is -2.36. The van der Waals surface area contributed by atoms with E-state index >= 15 is 0 Å². The zero-order valence-electron chi connectivity index (χ0n) is 9.98. The standard InChI is InChI=1S/C11H18ClN3O/c1-4-15(9(2)8-16-3)11-6-5-10(7-12)13-14-11/h5-6,9H,4,7-8H2,1-3H3. The molecule has 90 valence electrons. The van der Waals surface area contributed by atoms with Crippen LogP contribution in [-0.4, -0.2) is 36.5 Å². The van der Waals surface area contributed by atoms with Crippen LogP contribution in [0.2, 0.25) is 0 Å². The topological polar surface area (TPSA) is 38.2 Å². The van der Waals surface area contributed by atoms with Gasteiger partial charge >= 0.3 is 0 Å². The van der Waals surface area contributed by atoms with Gasteiger partial charge in [0, 0.05) is 13.7 Å². The Morgan fingerprint density at radius 2 is 2.19 bits per heavy atom. The van der Waals surface area contributed by atoms with Crippen molar-refractivity contribution in [2.24, 2.45) is 0 Å². The molecule has 1 aromatic rings. The Bertz CT molecular complexity index is 305. The Hall–Kier alpha value is -0.870. The summed E-state index contributed by atoms with van der Waals surface area (Å²) in [6, 6.07) is 4.13. The van der Waals surface area contributed by atoms with Gasteiger partial charge < -0.3 is 9.64 Å². The quantitative estimate of drug-likeness (QED) is 0.717. The number of halogens is 1. The summed E-state index contributed by atoms with van der Waals surface area (Å²) in [4.78, 5) is 2.15. The van der Waals surface area contributed by atoms with Crippen molar-refractivity contribution in [1.29, 1.82) is 0 Å². The van der Waals surface area contributed by atoms with Gasteiger partial charge in [-0.2, -0.15) is 5.10 Å². The maximum atomic E-state index is 5.67. The fourth-order valence-electron chi connectivity index (χ4n) is 1.61. The van der Waals surface area contributed by atoms with Crippen LogP contribution in [0.25, 0.3) is 0 Å². The highest BCUT2D eigenvalue weighted by Crippen LogP contribution is 2.13. The van der Waals surface area contributed by atoms with Gasteiger partial charge in [0.15, 0.2) is 5.82 Å². The molecule has 16 heavy (non-hydrogen) atoms. The van der Waals surface area contributed by atoms with Gasteiger partial charge in [0.2, 0.25) is 0 Å². The van der Waals surface area contributed by atoms with Crippen LogP contribution in [0.5, 0.6) is 0 Å². The fourth-order valence-corrected chi connectivity index (χ4v) is 1.75. The first-order chi connectivity index (χ1) is 7.72. The first-order valence-corrected chi connectivity index (χ1v) is 5.90. The van der Waals surface area contributed by atoms with E-state index in [0.29, 0.717) is 12.5 Å². The molecule has 1 atom stereocenters. The molecule has 1 aromatic heterocycles. The predicted octanol–water partition coefficient (Wildman–Crippen LogP) is 2.08. The summed E-state index contributed by atoms with van der Waals surface area (Å²) in [5, 5.41) is 8.20. The minimum Gasteiger partial charge on any atom is -0.383 e. The van der Waals surface area contributed by atoms with Crippen LogP contribution in [0.3, 0.4) is 0 Å². The SMILES string of the molecule is CCN(c1ccc(CCl)nn1)C(C)COC. The summed E-state index contributed by atoms with van der Waals surface area (Å²) in [7, 11) is 1.70. The Balaban J connectivity index is 2.78. The van der Waals surface area contributed by atoms with E-state index in [2.05, 4.69) is 28.9 Å². The van der Waals surface area contributed by atoms with Gasteiger partial charge in [-0.1, -0.05) is 0 Å². The van der Waals surface area contributed by atoms with Gasteiger partial charge in [-0.05, 0) is 26.0 Å². The van der Waals surface area contributed by atoms with Crippen LogP contribution in [0, 0.1) is 0 Å². The third-order valence-corrected chi connectivity index (χ3v) is 2.69. The maximum Gasteiger partial charge on any atom is 0.151 e. The second-order valence-corrected chi connectivity index (χ2v) is 3.87. The number of hydrogen-bond acceptors (Lipinski definition) is 4. The normalized spacial score (nSPS) is 12.5. The molecule has 0 fully saturated rings. The summed E-state index contributed by atoms with van der Waals surface area (Å²) in [6.45, 7) is 5.74. The third kappa shape index (κ3) is 3.32. The highest BCUT2D eigenvalue weighted by Gasteiger charge is 2.13. The van der Waals surface area contributed by atoms with Gasteiger partial charge in [0.1, 0.15) is 0 Å². The van der Waals surface area contributed by atoms with Crippen LogP contribution in [0.4, 0.5) is 5.82 Å². The van der Waals surface area contributed by atoms with Crippen LogP contribution in [0.1, 0.15) is 19.5 Å². The molecule has 4 nitrogen and oxygen atoms in total. The number of anilines is 1. The molecule has 5 heteroatoms. The Labute approximate surface area is 102 Å².